The van der Waals surface area contributed by atoms with Crippen molar-refractivity contribution in [3.05, 3.63) is 29.8 Å². The van der Waals surface area contributed by atoms with Crippen LogP contribution in [0, 0.1) is 48.2 Å². The first kappa shape index (κ1) is 13.9. The van der Waals surface area contributed by atoms with Gasteiger partial charge in [-0.25, -0.2) is 0 Å². The van der Waals surface area contributed by atoms with Crippen LogP contribution in [0.3, 0.4) is 0 Å². The van der Waals surface area contributed by atoms with Crippen molar-refractivity contribution in [2.45, 2.75) is 20.8 Å². The first-order chi connectivity index (χ1) is 4.79. The van der Waals surface area contributed by atoms with E-state index in [9.17, 15) is 0 Å². The Morgan fingerprint density at radius 1 is 1.18 bits per heavy atom. The Labute approximate surface area is 102 Å². The van der Waals surface area contributed by atoms with Crippen LogP contribution in [-0.4, -0.2) is 5.11 Å². The molecule has 1 radical (unpaired) electrons. The smallest absolute Gasteiger partial charge is 0.115 e. The summed E-state index contributed by atoms with van der Waals surface area (Å²) in [7, 11) is 0. The fourth-order valence-corrected chi connectivity index (χ4v) is 0.628. The molecule has 1 aromatic rings. The topological polar surface area (TPSA) is 20.2 Å². The molecule has 0 heterocycles. The van der Waals surface area contributed by atoms with Crippen LogP contribution in [-0.2, 0) is 0 Å². The Morgan fingerprint density at radius 2 is 1.73 bits per heavy atom. The summed E-state index contributed by atoms with van der Waals surface area (Å²) >= 11 is 0. The molecule has 0 spiro atoms. The maximum atomic E-state index is 8.81. The van der Waals surface area contributed by atoms with Gasteiger partial charge >= 0.3 is 0 Å². The van der Waals surface area contributed by atoms with E-state index in [2.05, 4.69) is 0 Å². The molecule has 0 saturated carbocycles. The van der Waals surface area contributed by atoms with Crippen LogP contribution < -0.4 is 0 Å². The van der Waals surface area contributed by atoms with E-state index in [-0.39, 0.29) is 41.3 Å². The molecule has 0 aliphatic rings. The number of phenolic OH excluding ortho intramolecular Hbond substituents is 1. The molecule has 0 unspecified atom stereocenters. The number of rotatable bonds is 0. The Bertz CT molecular complexity index is 169. The van der Waals surface area contributed by atoms with E-state index >= 15 is 0 Å². The van der Waals surface area contributed by atoms with E-state index in [1.807, 2.05) is 32.9 Å². The number of phenols is 1. The van der Waals surface area contributed by atoms with Gasteiger partial charge in [0.25, 0.3) is 0 Å². The molecule has 0 atom stereocenters. The zero-order valence-electron chi connectivity index (χ0n) is 7.33. The summed E-state index contributed by atoms with van der Waals surface area (Å²) in [4.78, 5) is 0. The summed E-state index contributed by atoms with van der Waals surface area (Å²) in [5, 5.41) is 8.81. The third-order valence-corrected chi connectivity index (χ3v) is 1.00. The van der Waals surface area contributed by atoms with Crippen molar-refractivity contribution >= 4 is 0 Å². The first-order valence-corrected chi connectivity index (χ1v) is 3.54. The Morgan fingerprint density at radius 3 is 2.00 bits per heavy atom. The molecule has 0 aromatic heterocycles. The molecule has 59 valence electrons. The fourth-order valence-electron chi connectivity index (χ4n) is 0.628. The van der Waals surface area contributed by atoms with Crippen LogP contribution in [0.2, 0.25) is 0 Å². The van der Waals surface area contributed by atoms with E-state index in [4.69, 9.17) is 5.11 Å². The molecule has 0 saturated heterocycles. The van der Waals surface area contributed by atoms with Crippen molar-refractivity contribution in [2.24, 2.45) is 0 Å². The molecule has 11 heavy (non-hydrogen) atoms. The molecule has 0 aliphatic carbocycles. The van der Waals surface area contributed by atoms with Gasteiger partial charge in [0.1, 0.15) is 5.75 Å². The van der Waals surface area contributed by atoms with Gasteiger partial charge in [-0.2, -0.15) is 0 Å². The molecule has 1 nitrogen and oxygen atoms in total. The number of aromatic hydroxyl groups is 1. The summed E-state index contributed by atoms with van der Waals surface area (Å²) in [6, 6.07) is 7.15. The molecule has 0 fully saturated rings. The minimum absolute atomic E-state index is 0. The zero-order valence-corrected chi connectivity index (χ0v) is 11.0. The van der Waals surface area contributed by atoms with E-state index in [0.717, 1.165) is 5.56 Å². The average molecular weight is 279 g/mol. The van der Waals surface area contributed by atoms with Gasteiger partial charge in [-0.3, -0.25) is 0 Å². The predicted molar refractivity (Wildman–Crippen MR) is 44.2 cm³/mol. The number of hydrogen-bond acceptors (Lipinski definition) is 1. The second-order valence-corrected chi connectivity index (χ2v) is 1.84. The second-order valence-electron chi connectivity index (χ2n) is 1.84. The van der Waals surface area contributed by atoms with Gasteiger partial charge in [-0.05, 0) is 24.6 Å². The van der Waals surface area contributed by atoms with Gasteiger partial charge in [-0.15, -0.1) is 0 Å². The van der Waals surface area contributed by atoms with Gasteiger partial charge in [0.15, 0.2) is 0 Å². The normalized spacial score (nSPS) is 7.18. The Balaban J connectivity index is 0. The van der Waals surface area contributed by atoms with Gasteiger partial charge in [0.05, 0.1) is 0 Å². The summed E-state index contributed by atoms with van der Waals surface area (Å²) in [5.74, 6) is 0.338. The number of aryl methyl sites for hydroxylation is 1. The molecule has 0 amide bonds. The third kappa shape index (κ3) is 6.77. The SMILES string of the molecule is CC.Cc1cccc(O)c1.[Pr]. The van der Waals surface area contributed by atoms with Crippen molar-refractivity contribution in [2.75, 3.05) is 0 Å². The van der Waals surface area contributed by atoms with E-state index < -0.39 is 0 Å². The van der Waals surface area contributed by atoms with Crippen molar-refractivity contribution in [1.29, 1.82) is 0 Å². The molecule has 2 heteroatoms. The van der Waals surface area contributed by atoms with Crippen LogP contribution in [0.15, 0.2) is 24.3 Å². The van der Waals surface area contributed by atoms with E-state index in [1.165, 1.54) is 0 Å². The summed E-state index contributed by atoms with van der Waals surface area (Å²) in [5.41, 5.74) is 1.09. The summed E-state index contributed by atoms with van der Waals surface area (Å²) in [6.45, 7) is 5.94. The summed E-state index contributed by atoms with van der Waals surface area (Å²) in [6.07, 6.45) is 0. The van der Waals surface area contributed by atoms with Gasteiger partial charge in [0.2, 0.25) is 0 Å². The van der Waals surface area contributed by atoms with Crippen molar-refractivity contribution in [1.82, 2.24) is 0 Å². The van der Waals surface area contributed by atoms with Crippen LogP contribution in [0.5, 0.6) is 5.75 Å². The quantitative estimate of drug-likeness (QED) is 0.774. The molecule has 1 N–H and O–H groups in total. The van der Waals surface area contributed by atoms with Crippen LogP contribution in [0.25, 0.3) is 0 Å². The molecule has 0 aliphatic heterocycles. The van der Waals surface area contributed by atoms with Crippen LogP contribution in [0.4, 0.5) is 0 Å². The molecule has 1 aromatic carbocycles. The second kappa shape index (κ2) is 8.48. The molecule has 1 rings (SSSR count). The Hall–Kier alpha value is 0.384. The predicted octanol–water partition coefficient (Wildman–Crippen LogP) is 2.73. The molecular formula is C9H14OPr. The molecular weight excluding hydrogens is 265 g/mol. The first-order valence-electron chi connectivity index (χ1n) is 3.54. The van der Waals surface area contributed by atoms with E-state index in [0.29, 0.717) is 5.75 Å². The van der Waals surface area contributed by atoms with Gasteiger partial charge < -0.3 is 5.11 Å². The minimum atomic E-state index is 0. The minimum Gasteiger partial charge on any atom is -0.508 e. The largest absolute Gasteiger partial charge is 0.508 e. The number of benzene rings is 1. The summed E-state index contributed by atoms with van der Waals surface area (Å²) < 4.78 is 0. The Kier molecular flexibility index (Phi) is 10.7. The maximum absolute atomic E-state index is 8.81. The maximum Gasteiger partial charge on any atom is 0.115 e. The monoisotopic (exact) mass is 279 g/mol. The zero-order chi connectivity index (χ0) is 7.98. The van der Waals surface area contributed by atoms with Crippen molar-refractivity contribution < 1.29 is 46.4 Å². The standard InChI is InChI=1S/C7H8O.C2H6.Pr/c1-6-3-2-4-7(8)5-6;1-2;/h2-5,8H,1H3;1-2H3;. The fraction of sp³-hybridized carbons (Fsp3) is 0.333. The third-order valence-electron chi connectivity index (χ3n) is 1.00. The van der Waals surface area contributed by atoms with Crippen molar-refractivity contribution in [3.63, 3.8) is 0 Å². The van der Waals surface area contributed by atoms with Crippen LogP contribution in [0.1, 0.15) is 19.4 Å². The van der Waals surface area contributed by atoms with Gasteiger partial charge in [0, 0.05) is 41.3 Å². The van der Waals surface area contributed by atoms with Crippen LogP contribution >= 0.6 is 0 Å². The van der Waals surface area contributed by atoms with Gasteiger partial charge in [-0.1, -0.05) is 26.0 Å². The van der Waals surface area contributed by atoms with E-state index in [1.54, 1.807) is 12.1 Å². The average Bonchev–Trinajstić information content (AvgIpc) is 1.91. The molecule has 0 bridgehead atoms. The number of hydrogen-bond donors (Lipinski definition) is 1. The van der Waals surface area contributed by atoms with Crippen molar-refractivity contribution in [3.8, 4) is 5.75 Å².